The number of carbonyl (C=O) groups excluding carboxylic acids is 1. The Hall–Kier alpha value is -0.813. The van der Waals surface area contributed by atoms with E-state index in [4.69, 9.17) is 9.16 Å². The molecule has 0 heterocycles. The van der Waals surface area contributed by atoms with Crippen LogP contribution in [0.2, 0.25) is 18.1 Å². The van der Waals surface area contributed by atoms with Gasteiger partial charge >= 0.3 is 6.09 Å². The standard InChI is InChI=1S/C20H41NO3Si/c1-11-12-13-14-17(2)21(18(22)24-19(3,4)5)15-16-23-25(9,10)20(6,7)8/h11,17H,1,12-16H2,2-10H3/t17-/m0/s1. The lowest BCUT2D eigenvalue weighted by molar-refractivity contribution is 0.0135. The first kappa shape index (κ1) is 24.2. The highest BCUT2D eigenvalue weighted by Crippen LogP contribution is 2.36. The van der Waals surface area contributed by atoms with E-state index in [0.717, 1.165) is 19.3 Å². The second-order valence-corrected chi connectivity index (χ2v) is 14.2. The molecule has 0 saturated carbocycles. The summed E-state index contributed by atoms with van der Waals surface area (Å²) in [6, 6.07) is 0.123. The van der Waals surface area contributed by atoms with Crippen molar-refractivity contribution in [2.75, 3.05) is 13.2 Å². The van der Waals surface area contributed by atoms with Gasteiger partial charge in [-0.3, -0.25) is 0 Å². The van der Waals surface area contributed by atoms with Crippen molar-refractivity contribution in [1.29, 1.82) is 0 Å². The first-order chi connectivity index (χ1) is 11.2. The molecule has 25 heavy (non-hydrogen) atoms. The molecule has 0 aromatic heterocycles. The number of allylic oxidation sites excluding steroid dienone is 1. The van der Waals surface area contributed by atoms with Crippen LogP contribution >= 0.6 is 0 Å². The summed E-state index contributed by atoms with van der Waals surface area (Å²) in [6.07, 6.45) is 4.59. The maximum atomic E-state index is 12.6. The van der Waals surface area contributed by atoms with Gasteiger partial charge in [0, 0.05) is 12.6 Å². The second kappa shape index (κ2) is 9.77. The molecule has 1 amide bonds. The molecule has 0 aromatic carbocycles. The van der Waals surface area contributed by atoms with Crippen molar-refractivity contribution < 1.29 is 14.0 Å². The summed E-state index contributed by atoms with van der Waals surface area (Å²) < 4.78 is 11.9. The first-order valence-electron chi connectivity index (χ1n) is 9.46. The Bertz CT molecular complexity index is 422. The van der Waals surface area contributed by atoms with Crippen molar-refractivity contribution in [3.8, 4) is 0 Å². The summed E-state index contributed by atoms with van der Waals surface area (Å²) in [5.74, 6) is 0. The fourth-order valence-electron chi connectivity index (χ4n) is 2.14. The van der Waals surface area contributed by atoms with Gasteiger partial charge in [-0.25, -0.2) is 4.79 Å². The summed E-state index contributed by atoms with van der Waals surface area (Å²) >= 11 is 0. The highest BCUT2D eigenvalue weighted by atomic mass is 28.4. The van der Waals surface area contributed by atoms with Gasteiger partial charge in [0.1, 0.15) is 5.60 Å². The average molecular weight is 372 g/mol. The number of hydrogen-bond acceptors (Lipinski definition) is 3. The maximum absolute atomic E-state index is 12.6. The second-order valence-electron chi connectivity index (χ2n) is 9.35. The van der Waals surface area contributed by atoms with E-state index in [1.54, 1.807) is 0 Å². The van der Waals surface area contributed by atoms with Crippen LogP contribution in [0.5, 0.6) is 0 Å². The SMILES string of the molecule is C=CCCC[C@H](C)N(CCO[Si](C)(C)C(C)(C)C)C(=O)OC(C)(C)C. The van der Waals surface area contributed by atoms with Gasteiger partial charge in [0.2, 0.25) is 0 Å². The number of nitrogens with zero attached hydrogens (tertiary/aromatic N) is 1. The van der Waals surface area contributed by atoms with Crippen LogP contribution in [-0.2, 0) is 9.16 Å². The molecule has 148 valence electrons. The predicted octanol–water partition coefficient (Wildman–Crippen LogP) is 5.99. The Labute approximate surface area is 157 Å². The summed E-state index contributed by atoms with van der Waals surface area (Å²) in [5.41, 5.74) is -0.490. The predicted molar refractivity (Wildman–Crippen MR) is 110 cm³/mol. The van der Waals surface area contributed by atoms with Crippen LogP contribution in [0.3, 0.4) is 0 Å². The Kier molecular flexibility index (Phi) is 9.45. The summed E-state index contributed by atoms with van der Waals surface area (Å²) in [7, 11) is -1.81. The fourth-order valence-corrected chi connectivity index (χ4v) is 3.18. The molecule has 0 aliphatic heterocycles. The number of unbranched alkanes of at least 4 members (excludes halogenated alkanes) is 1. The molecule has 0 radical (unpaired) electrons. The zero-order valence-electron chi connectivity index (χ0n) is 18.1. The lowest BCUT2D eigenvalue weighted by Crippen LogP contribution is -2.46. The third-order valence-corrected chi connectivity index (χ3v) is 9.33. The van der Waals surface area contributed by atoms with Crippen molar-refractivity contribution >= 4 is 14.4 Å². The Morgan fingerprint density at radius 3 is 2.20 bits per heavy atom. The van der Waals surface area contributed by atoms with E-state index in [0.29, 0.717) is 13.2 Å². The van der Waals surface area contributed by atoms with Crippen LogP contribution in [0, 0.1) is 0 Å². The van der Waals surface area contributed by atoms with Gasteiger partial charge in [0.05, 0.1) is 6.61 Å². The molecule has 0 saturated heterocycles. The average Bonchev–Trinajstić information content (AvgIpc) is 2.40. The third-order valence-electron chi connectivity index (χ3n) is 4.79. The van der Waals surface area contributed by atoms with E-state index in [-0.39, 0.29) is 17.2 Å². The lowest BCUT2D eigenvalue weighted by Gasteiger charge is -2.37. The topological polar surface area (TPSA) is 38.8 Å². The normalized spacial score (nSPS) is 14.1. The number of carbonyl (C=O) groups is 1. The van der Waals surface area contributed by atoms with Crippen molar-refractivity contribution in [1.82, 2.24) is 4.90 Å². The van der Waals surface area contributed by atoms with Crippen molar-refractivity contribution in [3.63, 3.8) is 0 Å². The molecule has 0 aliphatic rings. The van der Waals surface area contributed by atoms with Crippen molar-refractivity contribution in [2.45, 2.75) is 97.5 Å². The summed E-state index contributed by atoms with van der Waals surface area (Å²) in [6.45, 7) is 23.8. The Balaban J connectivity index is 4.89. The minimum absolute atomic E-state index is 0.123. The smallest absolute Gasteiger partial charge is 0.410 e. The summed E-state index contributed by atoms with van der Waals surface area (Å²) in [4.78, 5) is 14.4. The molecule has 0 fully saturated rings. The molecular formula is C20H41NO3Si. The Morgan fingerprint density at radius 2 is 1.76 bits per heavy atom. The van der Waals surface area contributed by atoms with Gasteiger partial charge in [-0.2, -0.15) is 0 Å². The fraction of sp³-hybridized carbons (Fsp3) is 0.850. The minimum atomic E-state index is -1.81. The van der Waals surface area contributed by atoms with Gasteiger partial charge in [0.25, 0.3) is 0 Å². The van der Waals surface area contributed by atoms with E-state index in [1.165, 1.54) is 0 Å². The van der Waals surface area contributed by atoms with E-state index in [9.17, 15) is 4.79 Å². The van der Waals surface area contributed by atoms with E-state index in [1.807, 2.05) is 31.7 Å². The van der Waals surface area contributed by atoms with Crippen LogP contribution < -0.4 is 0 Å². The number of rotatable bonds is 9. The lowest BCUT2D eigenvalue weighted by atomic mass is 10.1. The largest absolute Gasteiger partial charge is 0.444 e. The van der Waals surface area contributed by atoms with Gasteiger partial charge < -0.3 is 14.1 Å². The molecule has 1 atom stereocenters. The highest BCUT2D eigenvalue weighted by Gasteiger charge is 2.37. The maximum Gasteiger partial charge on any atom is 0.410 e. The molecule has 0 aromatic rings. The van der Waals surface area contributed by atoms with Crippen LogP contribution in [0.4, 0.5) is 4.79 Å². The van der Waals surface area contributed by atoms with Gasteiger partial charge in [-0.05, 0) is 65.1 Å². The molecule has 5 heteroatoms. The number of ether oxygens (including phenoxy) is 1. The first-order valence-corrected chi connectivity index (χ1v) is 12.4. The zero-order chi connectivity index (χ0) is 19.9. The molecule has 0 aliphatic carbocycles. The minimum Gasteiger partial charge on any atom is -0.444 e. The monoisotopic (exact) mass is 371 g/mol. The molecule has 0 N–H and O–H groups in total. The van der Waals surface area contributed by atoms with Crippen LogP contribution in [-0.4, -0.2) is 44.1 Å². The quantitative estimate of drug-likeness (QED) is 0.284. The van der Waals surface area contributed by atoms with E-state index < -0.39 is 13.9 Å². The van der Waals surface area contributed by atoms with Crippen molar-refractivity contribution in [2.24, 2.45) is 0 Å². The van der Waals surface area contributed by atoms with Gasteiger partial charge in [-0.1, -0.05) is 26.8 Å². The van der Waals surface area contributed by atoms with Crippen LogP contribution in [0.1, 0.15) is 67.7 Å². The van der Waals surface area contributed by atoms with Crippen LogP contribution in [0.25, 0.3) is 0 Å². The molecule has 4 nitrogen and oxygen atoms in total. The van der Waals surface area contributed by atoms with E-state index >= 15 is 0 Å². The number of amides is 1. The van der Waals surface area contributed by atoms with Crippen molar-refractivity contribution in [3.05, 3.63) is 12.7 Å². The molecule has 0 spiro atoms. The Morgan fingerprint density at radius 1 is 1.20 bits per heavy atom. The number of hydrogen-bond donors (Lipinski definition) is 0. The van der Waals surface area contributed by atoms with Gasteiger partial charge in [-0.15, -0.1) is 6.58 Å². The summed E-state index contributed by atoms with van der Waals surface area (Å²) in [5, 5.41) is 0.166. The third kappa shape index (κ3) is 9.45. The molecule has 0 bridgehead atoms. The van der Waals surface area contributed by atoms with Gasteiger partial charge in [0.15, 0.2) is 8.32 Å². The van der Waals surface area contributed by atoms with Crippen LogP contribution in [0.15, 0.2) is 12.7 Å². The molecular weight excluding hydrogens is 330 g/mol. The molecule has 0 rings (SSSR count). The highest BCUT2D eigenvalue weighted by molar-refractivity contribution is 6.74. The van der Waals surface area contributed by atoms with E-state index in [2.05, 4.69) is 47.4 Å². The molecule has 0 unspecified atom stereocenters. The zero-order valence-corrected chi connectivity index (χ0v) is 19.1.